The predicted molar refractivity (Wildman–Crippen MR) is 215 cm³/mol. The van der Waals surface area contributed by atoms with Gasteiger partial charge in [0.05, 0.1) is 27.8 Å². The lowest BCUT2D eigenvalue weighted by Gasteiger charge is -2.12. The molecular formula is C47H28N2OS. The number of pyridine rings is 1. The van der Waals surface area contributed by atoms with Crippen molar-refractivity contribution in [2.24, 2.45) is 0 Å². The van der Waals surface area contributed by atoms with Crippen molar-refractivity contribution < 1.29 is 4.42 Å². The van der Waals surface area contributed by atoms with Gasteiger partial charge in [0.1, 0.15) is 11.2 Å². The van der Waals surface area contributed by atoms with Crippen molar-refractivity contribution in [3.05, 3.63) is 170 Å². The average Bonchev–Trinajstić information content (AvgIpc) is 3.88. The van der Waals surface area contributed by atoms with Crippen LogP contribution in [0.4, 0.5) is 0 Å². The van der Waals surface area contributed by atoms with E-state index in [2.05, 4.69) is 162 Å². The number of fused-ring (bicyclic) bond motifs is 12. The first kappa shape index (κ1) is 28.4. The fourth-order valence-electron chi connectivity index (χ4n) is 7.89. The van der Waals surface area contributed by atoms with Gasteiger partial charge in [-0.15, -0.1) is 11.3 Å². The third-order valence-corrected chi connectivity index (χ3v) is 11.4. The Morgan fingerprint density at radius 1 is 0.471 bits per heavy atom. The number of aromatic nitrogens is 2. The molecule has 0 fully saturated rings. The van der Waals surface area contributed by atoms with Gasteiger partial charge in [-0.05, 0) is 53.6 Å². The van der Waals surface area contributed by atoms with Gasteiger partial charge in [0.15, 0.2) is 0 Å². The van der Waals surface area contributed by atoms with E-state index in [9.17, 15) is 0 Å². The van der Waals surface area contributed by atoms with Crippen LogP contribution in [-0.2, 0) is 0 Å². The van der Waals surface area contributed by atoms with Gasteiger partial charge in [-0.3, -0.25) is 0 Å². The Morgan fingerprint density at radius 2 is 1.08 bits per heavy atom. The molecule has 7 aromatic carbocycles. The van der Waals surface area contributed by atoms with Gasteiger partial charge in [-0.25, -0.2) is 4.98 Å². The third kappa shape index (κ3) is 4.27. The average molecular weight is 669 g/mol. The molecule has 0 aliphatic carbocycles. The molecule has 0 aliphatic rings. The number of thiophene rings is 1. The highest BCUT2D eigenvalue weighted by atomic mass is 32.1. The summed E-state index contributed by atoms with van der Waals surface area (Å²) in [4.78, 5) is 5.10. The summed E-state index contributed by atoms with van der Waals surface area (Å²) in [6, 6.07) is 60.3. The quantitative estimate of drug-likeness (QED) is 0.187. The van der Waals surface area contributed by atoms with E-state index < -0.39 is 0 Å². The Kier molecular flexibility index (Phi) is 6.12. The predicted octanol–water partition coefficient (Wildman–Crippen LogP) is 13.4. The molecule has 0 unspecified atom stereocenters. The Labute approximate surface area is 297 Å². The number of hydrogen-bond donors (Lipinski definition) is 0. The highest BCUT2D eigenvalue weighted by molar-refractivity contribution is 7.27. The van der Waals surface area contributed by atoms with Crippen LogP contribution in [0, 0.1) is 0 Å². The second kappa shape index (κ2) is 11.0. The number of benzene rings is 7. The van der Waals surface area contributed by atoms with Gasteiger partial charge in [0.2, 0.25) is 0 Å². The maximum Gasteiger partial charge on any atom is 0.146 e. The highest BCUT2D eigenvalue weighted by Crippen LogP contribution is 2.50. The van der Waals surface area contributed by atoms with E-state index in [0.717, 1.165) is 61.3 Å². The molecule has 11 rings (SSSR count). The molecule has 0 aliphatic heterocycles. The van der Waals surface area contributed by atoms with E-state index in [1.54, 1.807) is 0 Å². The van der Waals surface area contributed by atoms with Crippen LogP contribution in [0.3, 0.4) is 0 Å². The molecule has 0 radical (unpaired) electrons. The van der Waals surface area contributed by atoms with Gasteiger partial charge in [0.25, 0.3) is 0 Å². The molecule has 3 nitrogen and oxygen atoms in total. The summed E-state index contributed by atoms with van der Waals surface area (Å²) in [6.07, 6.45) is 0. The fourth-order valence-corrected chi connectivity index (χ4v) is 9.15. The normalized spacial score (nSPS) is 11.9. The minimum absolute atomic E-state index is 0.907. The van der Waals surface area contributed by atoms with Crippen LogP contribution in [0.25, 0.3) is 103 Å². The van der Waals surface area contributed by atoms with Crippen LogP contribution >= 0.6 is 11.3 Å². The molecular weight excluding hydrogens is 641 g/mol. The first-order chi connectivity index (χ1) is 25.3. The van der Waals surface area contributed by atoms with Crippen LogP contribution in [-0.4, -0.2) is 9.55 Å². The van der Waals surface area contributed by atoms with Crippen molar-refractivity contribution in [1.82, 2.24) is 9.55 Å². The number of furan rings is 1. The summed E-state index contributed by atoms with van der Waals surface area (Å²) in [7, 11) is 0. The molecule has 0 N–H and O–H groups in total. The minimum atomic E-state index is 0.907. The van der Waals surface area contributed by atoms with Gasteiger partial charge in [-0.1, -0.05) is 127 Å². The van der Waals surface area contributed by atoms with Crippen molar-refractivity contribution >= 4 is 75.3 Å². The number of nitrogens with zero attached hydrogens (tertiary/aromatic N) is 2. The standard InChI is InChI=1S/C47H28N2OS/c1-3-13-30(14-4-1)37-27-32(28-38(48-37)31-15-5-2-6-16-31)29-23-25-33(26-24-29)49-39-20-10-7-17-34(39)43-45(49)42-35-18-8-11-21-40(35)50-46(42)44-36-19-9-12-22-41(36)51-47(43)44/h1-28H. The van der Waals surface area contributed by atoms with Crippen LogP contribution in [0.1, 0.15) is 0 Å². The second-order valence-corrected chi connectivity index (χ2v) is 14.1. The zero-order chi connectivity index (χ0) is 33.5. The van der Waals surface area contributed by atoms with E-state index in [1.165, 1.54) is 42.0 Å². The van der Waals surface area contributed by atoms with Crippen LogP contribution in [0.2, 0.25) is 0 Å². The topological polar surface area (TPSA) is 31.0 Å². The lowest BCUT2D eigenvalue weighted by Crippen LogP contribution is -1.95. The molecule has 0 amide bonds. The second-order valence-electron chi connectivity index (χ2n) is 13.1. The zero-order valence-corrected chi connectivity index (χ0v) is 28.2. The summed E-state index contributed by atoms with van der Waals surface area (Å²) in [6.45, 7) is 0. The molecule has 4 heteroatoms. The van der Waals surface area contributed by atoms with E-state index in [-0.39, 0.29) is 0 Å². The van der Waals surface area contributed by atoms with E-state index in [1.807, 2.05) is 23.5 Å². The lowest BCUT2D eigenvalue weighted by atomic mass is 9.99. The molecule has 0 saturated carbocycles. The van der Waals surface area contributed by atoms with Crippen LogP contribution in [0.15, 0.2) is 174 Å². The summed E-state index contributed by atoms with van der Waals surface area (Å²) in [5.41, 5.74) is 11.7. The number of para-hydroxylation sites is 2. The molecule has 51 heavy (non-hydrogen) atoms. The molecule has 0 atom stereocenters. The summed E-state index contributed by atoms with van der Waals surface area (Å²) in [5, 5.41) is 7.26. The lowest BCUT2D eigenvalue weighted by molar-refractivity contribution is 0.673. The summed E-state index contributed by atoms with van der Waals surface area (Å²) in [5.74, 6) is 0. The molecule has 0 saturated heterocycles. The van der Waals surface area contributed by atoms with Crippen molar-refractivity contribution in [2.75, 3.05) is 0 Å². The molecule has 0 spiro atoms. The van der Waals surface area contributed by atoms with Gasteiger partial charge >= 0.3 is 0 Å². The van der Waals surface area contributed by atoms with Gasteiger partial charge in [0, 0.05) is 53.1 Å². The van der Waals surface area contributed by atoms with Gasteiger partial charge < -0.3 is 8.98 Å². The van der Waals surface area contributed by atoms with Crippen molar-refractivity contribution in [3.8, 4) is 39.3 Å². The van der Waals surface area contributed by atoms with Crippen molar-refractivity contribution in [1.29, 1.82) is 0 Å². The zero-order valence-electron chi connectivity index (χ0n) is 27.4. The third-order valence-electron chi connectivity index (χ3n) is 10.2. The minimum Gasteiger partial charge on any atom is -0.455 e. The van der Waals surface area contributed by atoms with Crippen LogP contribution in [0.5, 0.6) is 0 Å². The maximum atomic E-state index is 6.79. The Bertz CT molecular complexity index is 3030. The summed E-state index contributed by atoms with van der Waals surface area (Å²) >= 11 is 1.86. The molecule has 4 aromatic heterocycles. The monoisotopic (exact) mass is 668 g/mol. The Balaban J connectivity index is 1.18. The number of rotatable bonds is 4. The van der Waals surface area contributed by atoms with Gasteiger partial charge in [-0.2, -0.15) is 0 Å². The maximum absolute atomic E-state index is 6.79. The first-order valence-corrected chi connectivity index (χ1v) is 18.0. The largest absolute Gasteiger partial charge is 0.455 e. The van der Waals surface area contributed by atoms with Crippen molar-refractivity contribution in [3.63, 3.8) is 0 Å². The summed E-state index contributed by atoms with van der Waals surface area (Å²) < 4.78 is 11.8. The molecule has 4 heterocycles. The Hall–Kier alpha value is -6.49. The van der Waals surface area contributed by atoms with Crippen LogP contribution < -0.4 is 0 Å². The first-order valence-electron chi connectivity index (χ1n) is 17.2. The van der Waals surface area contributed by atoms with E-state index in [4.69, 9.17) is 9.40 Å². The fraction of sp³-hybridized carbons (Fsp3) is 0. The molecule has 0 bridgehead atoms. The van der Waals surface area contributed by atoms with E-state index >= 15 is 0 Å². The SMILES string of the molecule is c1ccc(-c2cc(-c3ccc(-n4c5ccccc5c5c6sc7ccccc7c6c6oc7ccccc7c6c54)cc3)cc(-c3ccccc3)n2)cc1. The smallest absolute Gasteiger partial charge is 0.146 e. The van der Waals surface area contributed by atoms with Crippen molar-refractivity contribution in [2.45, 2.75) is 0 Å². The van der Waals surface area contributed by atoms with E-state index in [0.29, 0.717) is 0 Å². The number of hydrogen-bond acceptors (Lipinski definition) is 3. The highest BCUT2D eigenvalue weighted by Gasteiger charge is 2.25. The molecule has 238 valence electrons. The Morgan fingerprint density at radius 3 is 1.80 bits per heavy atom. The molecule has 11 aromatic rings.